The molecule has 3 aromatic rings. The minimum absolute atomic E-state index is 0.525. The number of hydrogen-bond acceptors (Lipinski definition) is 3. The Morgan fingerprint density at radius 2 is 1.23 bits per heavy atom. The van der Waals surface area contributed by atoms with Gasteiger partial charge in [0.05, 0.1) is 5.30 Å². The lowest BCUT2D eigenvalue weighted by atomic mass is 10.1. The molecular weight excluding hydrogens is 343 g/mol. The summed E-state index contributed by atoms with van der Waals surface area (Å²) < 4.78 is 25.8. The summed E-state index contributed by atoms with van der Waals surface area (Å²) in [5, 5.41) is 0.626. The highest BCUT2D eigenvalue weighted by Gasteiger charge is 2.33. The average Bonchev–Trinajstić information content (AvgIpc) is 2.68. The van der Waals surface area contributed by atoms with E-state index in [1.165, 1.54) is 0 Å². The van der Waals surface area contributed by atoms with Crippen molar-refractivity contribution >= 4 is 12.9 Å². The Morgan fingerprint density at radius 1 is 0.731 bits per heavy atom. The van der Waals surface area contributed by atoms with E-state index in [9.17, 15) is 4.57 Å². The lowest BCUT2D eigenvalue weighted by Crippen LogP contribution is -2.19. The first-order valence-electron chi connectivity index (χ1n) is 8.89. The summed E-state index contributed by atoms with van der Waals surface area (Å²) in [4.78, 5) is 0. The number of benzene rings is 3. The fourth-order valence-electron chi connectivity index (χ4n) is 2.71. The van der Waals surface area contributed by atoms with Crippen molar-refractivity contribution in [2.45, 2.75) is 26.2 Å². The minimum Gasteiger partial charge on any atom is -0.413 e. The van der Waals surface area contributed by atoms with Crippen LogP contribution in [0.2, 0.25) is 0 Å². The first kappa shape index (κ1) is 18.3. The van der Waals surface area contributed by atoms with Gasteiger partial charge in [0.15, 0.2) is 0 Å². The molecule has 0 unspecified atom stereocenters. The maximum atomic E-state index is 13.9. The van der Waals surface area contributed by atoms with E-state index in [1.54, 1.807) is 24.3 Å². The van der Waals surface area contributed by atoms with E-state index in [1.807, 2.05) is 60.7 Å². The van der Waals surface area contributed by atoms with E-state index < -0.39 is 7.60 Å². The van der Waals surface area contributed by atoms with Crippen molar-refractivity contribution in [1.29, 1.82) is 0 Å². The third kappa shape index (κ3) is 4.56. The van der Waals surface area contributed by atoms with E-state index in [0.29, 0.717) is 16.8 Å². The van der Waals surface area contributed by atoms with Crippen LogP contribution >= 0.6 is 7.60 Å². The molecule has 4 heteroatoms. The highest BCUT2D eigenvalue weighted by molar-refractivity contribution is 7.63. The number of aryl methyl sites for hydroxylation is 1. The molecule has 0 heterocycles. The van der Waals surface area contributed by atoms with Crippen molar-refractivity contribution in [3.05, 3.63) is 90.5 Å². The molecule has 0 aliphatic heterocycles. The second-order valence-electron chi connectivity index (χ2n) is 6.04. The van der Waals surface area contributed by atoms with Crippen LogP contribution in [0.15, 0.2) is 84.9 Å². The number of hydrogen-bond donors (Lipinski definition) is 0. The summed E-state index contributed by atoms with van der Waals surface area (Å²) >= 11 is 0. The normalized spacial score (nSPS) is 11.1. The summed E-state index contributed by atoms with van der Waals surface area (Å²) in [6.07, 6.45) is 2.93. The third-order valence-electron chi connectivity index (χ3n) is 4.02. The Labute approximate surface area is 155 Å². The van der Waals surface area contributed by atoms with Gasteiger partial charge in [0.1, 0.15) is 11.5 Å². The van der Waals surface area contributed by atoms with E-state index in [2.05, 4.69) is 6.92 Å². The van der Waals surface area contributed by atoms with Gasteiger partial charge in [0.25, 0.3) is 0 Å². The molecule has 0 atom stereocenters. The highest BCUT2D eigenvalue weighted by atomic mass is 31.2. The maximum Gasteiger partial charge on any atom is 0.463 e. The van der Waals surface area contributed by atoms with Gasteiger partial charge in [-0.25, -0.2) is 4.57 Å². The largest absolute Gasteiger partial charge is 0.463 e. The van der Waals surface area contributed by atoms with Crippen molar-refractivity contribution in [3.63, 3.8) is 0 Å². The zero-order valence-corrected chi connectivity index (χ0v) is 15.8. The van der Waals surface area contributed by atoms with Gasteiger partial charge in [0, 0.05) is 0 Å². The first-order chi connectivity index (χ1) is 12.7. The van der Waals surface area contributed by atoms with Crippen molar-refractivity contribution < 1.29 is 13.6 Å². The molecule has 3 rings (SSSR count). The average molecular weight is 366 g/mol. The molecule has 0 bridgehead atoms. The summed E-state index contributed by atoms with van der Waals surface area (Å²) in [5.41, 5.74) is 1.00. The van der Waals surface area contributed by atoms with E-state index in [-0.39, 0.29) is 0 Å². The maximum absolute atomic E-state index is 13.9. The zero-order chi connectivity index (χ0) is 18.2. The lowest BCUT2D eigenvalue weighted by molar-refractivity contribution is 0.399. The van der Waals surface area contributed by atoms with Crippen LogP contribution in [0, 0.1) is 0 Å². The molecule has 0 aliphatic rings. The Morgan fingerprint density at radius 3 is 1.77 bits per heavy atom. The highest BCUT2D eigenvalue weighted by Crippen LogP contribution is 2.48. The quantitative estimate of drug-likeness (QED) is 0.458. The Hall–Kier alpha value is -2.51. The minimum atomic E-state index is -3.59. The molecule has 3 aromatic carbocycles. The van der Waals surface area contributed by atoms with Gasteiger partial charge < -0.3 is 9.05 Å². The van der Waals surface area contributed by atoms with Crippen LogP contribution in [0.5, 0.6) is 11.5 Å². The Balaban J connectivity index is 2.01. The van der Waals surface area contributed by atoms with Crippen LogP contribution in [-0.4, -0.2) is 0 Å². The van der Waals surface area contributed by atoms with Gasteiger partial charge in [0.2, 0.25) is 0 Å². The van der Waals surface area contributed by atoms with Crippen LogP contribution in [0.4, 0.5) is 0 Å². The summed E-state index contributed by atoms with van der Waals surface area (Å²) in [6.45, 7) is 2.14. The number of rotatable bonds is 8. The molecule has 0 N–H and O–H groups in total. The molecule has 0 saturated heterocycles. The number of para-hydroxylation sites is 2. The van der Waals surface area contributed by atoms with Gasteiger partial charge in [-0.1, -0.05) is 67.9 Å². The molecule has 0 saturated carbocycles. The Kier molecular flexibility index (Phi) is 6.14. The van der Waals surface area contributed by atoms with Crippen molar-refractivity contribution in [3.8, 4) is 11.5 Å². The van der Waals surface area contributed by atoms with Gasteiger partial charge in [-0.15, -0.1) is 0 Å². The van der Waals surface area contributed by atoms with Crippen LogP contribution in [-0.2, 0) is 11.0 Å². The van der Waals surface area contributed by atoms with Gasteiger partial charge >= 0.3 is 7.60 Å². The van der Waals surface area contributed by atoms with Crippen LogP contribution < -0.4 is 14.4 Å². The third-order valence-corrected chi connectivity index (χ3v) is 5.95. The molecule has 134 valence electrons. The van der Waals surface area contributed by atoms with Gasteiger partial charge in [-0.05, 0) is 48.7 Å². The predicted octanol–water partition coefficient (Wildman–Crippen LogP) is 6.01. The second kappa shape index (κ2) is 8.73. The monoisotopic (exact) mass is 366 g/mol. The fraction of sp³-hybridized carbons (Fsp3) is 0.182. The SMILES string of the molecule is CCCCc1ccccc1P(=O)(Oc1ccccc1)Oc1ccccc1. The second-order valence-corrected chi connectivity index (χ2v) is 7.88. The molecule has 0 aromatic heterocycles. The molecule has 0 aliphatic carbocycles. The summed E-state index contributed by atoms with van der Waals surface area (Å²) in [5.74, 6) is 1.05. The van der Waals surface area contributed by atoms with E-state index in [0.717, 1.165) is 24.8 Å². The van der Waals surface area contributed by atoms with E-state index in [4.69, 9.17) is 9.05 Å². The molecule has 0 fully saturated rings. The molecule has 26 heavy (non-hydrogen) atoms. The number of unbranched alkanes of at least 4 members (excludes halogenated alkanes) is 1. The molecular formula is C22H23O3P. The standard InChI is InChI=1S/C22H23O3P/c1-2-3-12-19-13-10-11-18-22(19)26(23,24-20-14-6-4-7-15-20)25-21-16-8-5-9-17-21/h4-11,13-18H,2-3,12H2,1H3. The van der Waals surface area contributed by atoms with E-state index >= 15 is 0 Å². The van der Waals surface area contributed by atoms with Crippen molar-refractivity contribution in [2.24, 2.45) is 0 Å². The van der Waals surface area contributed by atoms with Crippen LogP contribution in [0.1, 0.15) is 25.3 Å². The first-order valence-corrected chi connectivity index (χ1v) is 10.4. The predicted molar refractivity (Wildman–Crippen MR) is 106 cm³/mol. The smallest absolute Gasteiger partial charge is 0.413 e. The summed E-state index contributed by atoms with van der Waals surface area (Å²) in [6, 6.07) is 26.0. The lowest BCUT2D eigenvalue weighted by Gasteiger charge is -2.22. The Bertz CT molecular complexity index is 817. The van der Waals surface area contributed by atoms with Crippen LogP contribution in [0.3, 0.4) is 0 Å². The fourth-order valence-corrected chi connectivity index (χ4v) is 4.55. The zero-order valence-electron chi connectivity index (χ0n) is 14.9. The van der Waals surface area contributed by atoms with Gasteiger partial charge in [-0.2, -0.15) is 0 Å². The van der Waals surface area contributed by atoms with Crippen LogP contribution in [0.25, 0.3) is 0 Å². The van der Waals surface area contributed by atoms with Crippen molar-refractivity contribution in [2.75, 3.05) is 0 Å². The molecule has 3 nitrogen and oxygen atoms in total. The topological polar surface area (TPSA) is 35.5 Å². The molecule has 0 spiro atoms. The van der Waals surface area contributed by atoms with Gasteiger partial charge in [-0.3, -0.25) is 0 Å². The molecule has 0 amide bonds. The summed E-state index contributed by atoms with van der Waals surface area (Å²) in [7, 11) is -3.59. The molecule has 0 radical (unpaired) electrons. The van der Waals surface area contributed by atoms with Crippen molar-refractivity contribution in [1.82, 2.24) is 0 Å².